The van der Waals surface area contributed by atoms with Crippen molar-refractivity contribution in [3.05, 3.63) is 125 Å². The lowest BCUT2D eigenvalue weighted by atomic mass is 9.99. The lowest BCUT2D eigenvalue weighted by Gasteiger charge is -2.36. The zero-order valence-electron chi connectivity index (χ0n) is 28.1. The number of aliphatic hydroxyl groups is 1. The molecule has 0 unspecified atom stereocenters. The van der Waals surface area contributed by atoms with Gasteiger partial charge in [0.25, 0.3) is 0 Å². The number of ether oxygens (including phenoxy) is 2. The Morgan fingerprint density at radius 1 is 0.824 bits per heavy atom. The number of hydrogen-bond donors (Lipinski definition) is 3. The lowest BCUT2D eigenvalue weighted by molar-refractivity contribution is -0.245. The number of aliphatic hydroxyl groups excluding tert-OH is 1. The van der Waals surface area contributed by atoms with Crippen molar-refractivity contribution in [2.24, 2.45) is 0 Å². The van der Waals surface area contributed by atoms with Gasteiger partial charge in [-0.2, -0.15) is 4.68 Å². The van der Waals surface area contributed by atoms with Crippen molar-refractivity contribution < 1.29 is 29.3 Å². The van der Waals surface area contributed by atoms with E-state index in [9.17, 15) is 14.7 Å². The number of rotatable bonds is 16. The highest BCUT2D eigenvalue weighted by atomic mass is 32.2. The van der Waals surface area contributed by atoms with E-state index in [2.05, 4.69) is 26.9 Å². The van der Waals surface area contributed by atoms with Crippen molar-refractivity contribution in [3.8, 4) is 16.8 Å². The molecule has 2 heterocycles. The standard InChI is InChI=1S/C39H41N5O6S/c45-25-27-14-16-30(17-15-27)35-23-34(26-51-39-41-42-43-44(39)33-10-3-1-4-11-33)49-38(50-35)31-20-18-29(19-21-31)32-9-7-8-28(22-32)24-40-36(46)12-5-2-6-13-37(47)48/h1,3-4,7-11,14-22,34-35,38,45H,2,5-6,12-13,23-26H2,(H,40,46)(H,47,48)/t34-,35+,38+/m0/s1. The van der Waals surface area contributed by atoms with Crippen molar-refractivity contribution in [3.63, 3.8) is 0 Å². The predicted molar refractivity (Wildman–Crippen MR) is 193 cm³/mol. The Morgan fingerprint density at radius 2 is 1.59 bits per heavy atom. The smallest absolute Gasteiger partial charge is 0.303 e. The molecular formula is C39H41N5O6S. The average molecular weight is 708 g/mol. The van der Waals surface area contributed by atoms with Gasteiger partial charge in [0.15, 0.2) is 6.29 Å². The molecule has 0 saturated carbocycles. The van der Waals surface area contributed by atoms with E-state index in [0.717, 1.165) is 45.5 Å². The summed E-state index contributed by atoms with van der Waals surface area (Å²) in [4.78, 5) is 23.0. The van der Waals surface area contributed by atoms with Crippen LogP contribution in [0.3, 0.4) is 0 Å². The number of thioether (sulfide) groups is 1. The molecule has 1 aliphatic heterocycles. The topological polar surface area (TPSA) is 149 Å². The molecule has 51 heavy (non-hydrogen) atoms. The molecule has 6 rings (SSSR count). The Morgan fingerprint density at radius 3 is 2.35 bits per heavy atom. The number of amides is 1. The third-order valence-electron chi connectivity index (χ3n) is 8.68. The van der Waals surface area contributed by atoms with Gasteiger partial charge in [0.05, 0.1) is 24.5 Å². The molecule has 0 bridgehead atoms. The SMILES string of the molecule is O=C(O)CCCCCC(=O)NCc1cccc(-c2ccc([C@@H]3O[C@H](CSc4nnnn4-c4ccccc4)C[C@H](c4ccc(CO)cc4)O3)cc2)c1. The number of aromatic nitrogens is 4. The summed E-state index contributed by atoms with van der Waals surface area (Å²) < 4.78 is 14.8. The summed E-state index contributed by atoms with van der Waals surface area (Å²) in [7, 11) is 0. The van der Waals surface area contributed by atoms with E-state index < -0.39 is 12.3 Å². The average Bonchev–Trinajstić information content (AvgIpc) is 3.65. The maximum atomic E-state index is 12.3. The zero-order chi connectivity index (χ0) is 35.4. The molecule has 0 spiro atoms. The molecule has 1 aliphatic rings. The summed E-state index contributed by atoms with van der Waals surface area (Å²) in [6, 6.07) is 33.8. The Hall–Kier alpha value is -4.88. The van der Waals surface area contributed by atoms with Crippen LogP contribution in [0, 0.1) is 0 Å². The minimum atomic E-state index is -0.806. The fourth-order valence-corrected chi connectivity index (χ4v) is 6.82. The first-order chi connectivity index (χ1) is 24.9. The highest BCUT2D eigenvalue weighted by molar-refractivity contribution is 7.99. The zero-order valence-corrected chi connectivity index (χ0v) is 29.0. The summed E-state index contributed by atoms with van der Waals surface area (Å²) in [6.07, 6.45) is 2.15. The monoisotopic (exact) mass is 707 g/mol. The van der Waals surface area contributed by atoms with E-state index in [1.807, 2.05) is 97.1 Å². The minimum absolute atomic E-state index is 0.0194. The van der Waals surface area contributed by atoms with Crippen LogP contribution in [0.15, 0.2) is 108 Å². The second kappa shape index (κ2) is 17.9. The highest BCUT2D eigenvalue weighted by Crippen LogP contribution is 2.40. The Bertz CT molecular complexity index is 1870. The van der Waals surface area contributed by atoms with Crippen LogP contribution >= 0.6 is 11.8 Å². The number of hydrogen-bond acceptors (Lipinski definition) is 9. The fraction of sp³-hybridized carbons (Fsp3) is 0.308. The van der Waals surface area contributed by atoms with Gasteiger partial charge in [-0.3, -0.25) is 9.59 Å². The Kier molecular flexibility index (Phi) is 12.6. The third-order valence-corrected chi connectivity index (χ3v) is 9.73. The third kappa shape index (κ3) is 10.1. The number of carboxylic acid groups (broad SMARTS) is 1. The van der Waals surface area contributed by atoms with E-state index in [1.54, 1.807) is 4.68 Å². The molecule has 1 fully saturated rings. The second-order valence-corrected chi connectivity index (χ2v) is 13.4. The highest BCUT2D eigenvalue weighted by Gasteiger charge is 2.32. The number of aliphatic carboxylic acids is 1. The van der Waals surface area contributed by atoms with Crippen molar-refractivity contribution >= 4 is 23.6 Å². The van der Waals surface area contributed by atoms with E-state index in [-0.39, 0.29) is 31.1 Å². The maximum absolute atomic E-state index is 12.3. The minimum Gasteiger partial charge on any atom is -0.481 e. The van der Waals surface area contributed by atoms with Crippen LogP contribution in [0.1, 0.15) is 73.2 Å². The number of nitrogens with zero attached hydrogens (tertiary/aromatic N) is 4. The molecule has 1 aromatic heterocycles. The van der Waals surface area contributed by atoms with Crippen LogP contribution in [-0.2, 0) is 32.2 Å². The largest absolute Gasteiger partial charge is 0.481 e. The van der Waals surface area contributed by atoms with Gasteiger partial charge in [0, 0.05) is 37.1 Å². The summed E-state index contributed by atoms with van der Waals surface area (Å²) in [5.41, 5.74) is 6.68. The van der Waals surface area contributed by atoms with E-state index in [0.29, 0.717) is 43.1 Å². The first kappa shape index (κ1) is 35.9. The normalized spacial score (nSPS) is 17.2. The first-order valence-corrected chi connectivity index (χ1v) is 18.1. The Labute approximate surface area is 301 Å². The van der Waals surface area contributed by atoms with Crippen LogP contribution < -0.4 is 5.32 Å². The predicted octanol–water partition coefficient (Wildman–Crippen LogP) is 6.81. The Balaban J connectivity index is 1.11. The second-order valence-electron chi connectivity index (χ2n) is 12.4. The number of carbonyl (C=O) groups excluding carboxylic acids is 1. The number of para-hydroxylation sites is 1. The number of unbranched alkanes of at least 4 members (excludes halogenated alkanes) is 2. The van der Waals surface area contributed by atoms with Crippen LogP contribution in [0.5, 0.6) is 0 Å². The van der Waals surface area contributed by atoms with Gasteiger partial charge >= 0.3 is 5.97 Å². The summed E-state index contributed by atoms with van der Waals surface area (Å²) in [6.45, 7) is 0.399. The first-order valence-electron chi connectivity index (χ1n) is 17.1. The van der Waals surface area contributed by atoms with Crippen LogP contribution in [0.25, 0.3) is 16.8 Å². The molecule has 1 saturated heterocycles. The molecule has 0 radical (unpaired) electrons. The molecule has 5 aromatic rings. The van der Waals surface area contributed by atoms with Gasteiger partial charge in [-0.25, -0.2) is 0 Å². The van der Waals surface area contributed by atoms with Gasteiger partial charge < -0.3 is 25.0 Å². The summed E-state index contributed by atoms with van der Waals surface area (Å²) >= 11 is 1.54. The molecule has 11 nitrogen and oxygen atoms in total. The van der Waals surface area contributed by atoms with Crippen molar-refractivity contribution in [2.75, 3.05) is 5.75 Å². The molecule has 4 aromatic carbocycles. The number of tetrazole rings is 1. The van der Waals surface area contributed by atoms with Crippen molar-refractivity contribution in [2.45, 2.75) is 75.3 Å². The lowest BCUT2D eigenvalue weighted by Crippen LogP contribution is -2.31. The molecule has 1 amide bonds. The maximum Gasteiger partial charge on any atom is 0.303 e. The number of carboxylic acids is 1. The van der Waals surface area contributed by atoms with E-state index >= 15 is 0 Å². The van der Waals surface area contributed by atoms with Crippen molar-refractivity contribution in [1.29, 1.82) is 0 Å². The quantitative estimate of drug-likeness (QED) is 0.0738. The van der Waals surface area contributed by atoms with Gasteiger partial charge in [-0.05, 0) is 69.3 Å². The number of benzene rings is 4. The van der Waals surface area contributed by atoms with Crippen LogP contribution in [0.4, 0.5) is 0 Å². The molecule has 0 aliphatic carbocycles. The fourth-order valence-electron chi connectivity index (χ4n) is 5.91. The van der Waals surface area contributed by atoms with Gasteiger partial charge in [0.1, 0.15) is 0 Å². The molecule has 3 atom stereocenters. The number of nitrogens with one attached hydrogen (secondary N) is 1. The molecule has 12 heteroatoms. The molecule has 264 valence electrons. The van der Waals surface area contributed by atoms with Gasteiger partial charge in [0.2, 0.25) is 11.1 Å². The summed E-state index contributed by atoms with van der Waals surface area (Å²) in [5, 5.41) is 34.3. The van der Waals surface area contributed by atoms with Crippen LogP contribution in [-0.4, -0.2) is 54.2 Å². The van der Waals surface area contributed by atoms with Crippen LogP contribution in [0.2, 0.25) is 0 Å². The molecule has 3 N–H and O–H groups in total. The van der Waals surface area contributed by atoms with E-state index in [4.69, 9.17) is 14.6 Å². The molecular weight excluding hydrogens is 667 g/mol. The number of carbonyl (C=O) groups is 2. The summed E-state index contributed by atoms with van der Waals surface area (Å²) in [5.74, 6) is -0.231. The van der Waals surface area contributed by atoms with E-state index in [1.165, 1.54) is 11.8 Å². The van der Waals surface area contributed by atoms with Crippen molar-refractivity contribution in [1.82, 2.24) is 25.5 Å². The van der Waals surface area contributed by atoms with Gasteiger partial charge in [-0.15, -0.1) is 5.10 Å². The van der Waals surface area contributed by atoms with Gasteiger partial charge in [-0.1, -0.05) is 103 Å².